The lowest BCUT2D eigenvalue weighted by Gasteiger charge is -2.12. The fraction of sp³-hybridized carbons (Fsp3) is 0.158. The fourth-order valence-corrected chi connectivity index (χ4v) is 3.16. The summed E-state index contributed by atoms with van der Waals surface area (Å²) in [5.74, 6) is -0.221. The first-order chi connectivity index (χ1) is 11.0. The summed E-state index contributed by atoms with van der Waals surface area (Å²) in [5, 5.41) is -0.214. The monoisotopic (exact) mass is 323 g/mol. The Hall–Kier alpha value is -2.33. The third-order valence-electron chi connectivity index (χ3n) is 3.71. The van der Waals surface area contributed by atoms with E-state index < -0.39 is 0 Å². The van der Waals surface area contributed by atoms with Crippen molar-refractivity contribution in [1.82, 2.24) is 4.90 Å². The molecule has 2 aromatic carbocycles. The molecule has 1 aliphatic rings. The van der Waals surface area contributed by atoms with Gasteiger partial charge in [0, 0.05) is 0 Å². The van der Waals surface area contributed by atoms with Gasteiger partial charge in [-0.1, -0.05) is 59.7 Å². The first-order valence-corrected chi connectivity index (χ1v) is 8.22. The zero-order valence-corrected chi connectivity index (χ0v) is 13.9. The van der Waals surface area contributed by atoms with Crippen molar-refractivity contribution in [2.75, 3.05) is 0 Å². The summed E-state index contributed by atoms with van der Waals surface area (Å²) in [6.45, 7) is 4.34. The molecule has 0 aromatic heterocycles. The largest absolute Gasteiger partial charge is 0.293 e. The van der Waals surface area contributed by atoms with Gasteiger partial charge in [-0.2, -0.15) is 0 Å². The van der Waals surface area contributed by atoms with Crippen molar-refractivity contribution < 1.29 is 9.59 Å². The molecular weight excluding hydrogens is 306 g/mol. The molecule has 0 radical (unpaired) electrons. The maximum absolute atomic E-state index is 12.5. The van der Waals surface area contributed by atoms with Crippen LogP contribution in [0.1, 0.15) is 22.3 Å². The highest BCUT2D eigenvalue weighted by molar-refractivity contribution is 8.18. The van der Waals surface area contributed by atoms with Gasteiger partial charge >= 0.3 is 0 Å². The number of benzene rings is 2. The SMILES string of the molecule is Cc1ccc(C=C2SC(=O)N(Cc3ccc(C)cc3)C2=O)cc1. The first-order valence-electron chi connectivity index (χ1n) is 7.40. The number of aryl methyl sites for hydroxylation is 2. The van der Waals surface area contributed by atoms with E-state index in [1.54, 1.807) is 6.08 Å². The Bertz CT molecular complexity index is 776. The van der Waals surface area contributed by atoms with Crippen LogP contribution in [0.3, 0.4) is 0 Å². The van der Waals surface area contributed by atoms with Gasteiger partial charge in [-0.3, -0.25) is 14.5 Å². The van der Waals surface area contributed by atoms with E-state index in [2.05, 4.69) is 0 Å². The van der Waals surface area contributed by atoms with Crippen LogP contribution in [0.2, 0.25) is 0 Å². The highest BCUT2D eigenvalue weighted by Gasteiger charge is 2.34. The van der Waals surface area contributed by atoms with Gasteiger partial charge in [-0.25, -0.2) is 0 Å². The molecule has 0 aliphatic carbocycles. The van der Waals surface area contributed by atoms with Crippen LogP contribution in [0.5, 0.6) is 0 Å². The summed E-state index contributed by atoms with van der Waals surface area (Å²) in [7, 11) is 0. The van der Waals surface area contributed by atoms with E-state index in [1.165, 1.54) is 4.90 Å². The average Bonchev–Trinajstić information content (AvgIpc) is 2.79. The molecule has 2 aromatic rings. The van der Waals surface area contributed by atoms with E-state index in [1.807, 2.05) is 62.4 Å². The Labute approximate surface area is 140 Å². The van der Waals surface area contributed by atoms with Crippen LogP contribution in [-0.2, 0) is 11.3 Å². The third kappa shape index (κ3) is 3.54. The molecule has 3 nitrogen and oxygen atoms in total. The minimum Gasteiger partial charge on any atom is -0.268 e. The summed E-state index contributed by atoms with van der Waals surface area (Å²) in [6.07, 6.45) is 1.78. The third-order valence-corrected chi connectivity index (χ3v) is 4.62. The van der Waals surface area contributed by atoms with Crippen LogP contribution in [0.25, 0.3) is 6.08 Å². The highest BCUT2D eigenvalue weighted by atomic mass is 32.2. The molecule has 1 saturated heterocycles. The van der Waals surface area contributed by atoms with Gasteiger partial charge in [0.25, 0.3) is 11.1 Å². The minimum absolute atomic E-state index is 0.214. The molecular formula is C19H17NO2S. The molecule has 3 rings (SSSR count). The van der Waals surface area contributed by atoms with Crippen molar-refractivity contribution in [1.29, 1.82) is 0 Å². The predicted molar refractivity (Wildman–Crippen MR) is 93.9 cm³/mol. The second-order valence-electron chi connectivity index (χ2n) is 5.66. The Morgan fingerprint density at radius 3 is 2.09 bits per heavy atom. The van der Waals surface area contributed by atoms with E-state index in [4.69, 9.17) is 0 Å². The van der Waals surface area contributed by atoms with E-state index in [9.17, 15) is 9.59 Å². The predicted octanol–water partition coefficient (Wildman–Crippen LogP) is 4.54. The van der Waals surface area contributed by atoms with Crippen molar-refractivity contribution in [3.8, 4) is 0 Å². The summed E-state index contributed by atoms with van der Waals surface area (Å²) in [4.78, 5) is 26.4. The Kier molecular flexibility index (Phi) is 4.35. The fourth-order valence-electron chi connectivity index (χ4n) is 2.33. The van der Waals surface area contributed by atoms with E-state index in [-0.39, 0.29) is 11.1 Å². The number of imide groups is 1. The topological polar surface area (TPSA) is 37.4 Å². The summed E-state index contributed by atoms with van der Waals surface area (Å²) in [6, 6.07) is 15.7. The number of thioether (sulfide) groups is 1. The van der Waals surface area contributed by atoms with Gasteiger partial charge in [-0.05, 0) is 42.8 Å². The first kappa shape index (κ1) is 15.6. The minimum atomic E-state index is -0.221. The van der Waals surface area contributed by atoms with Gasteiger partial charge in [-0.15, -0.1) is 0 Å². The van der Waals surface area contributed by atoms with Crippen LogP contribution in [0.15, 0.2) is 53.4 Å². The molecule has 23 heavy (non-hydrogen) atoms. The number of amides is 2. The summed E-state index contributed by atoms with van der Waals surface area (Å²) in [5.41, 5.74) is 4.20. The van der Waals surface area contributed by atoms with Crippen molar-refractivity contribution in [3.05, 3.63) is 75.7 Å². The zero-order chi connectivity index (χ0) is 16.4. The molecule has 0 saturated carbocycles. The van der Waals surface area contributed by atoms with Crippen LogP contribution in [0, 0.1) is 13.8 Å². The normalized spacial score (nSPS) is 16.4. The standard InChI is InChI=1S/C19H17NO2S/c1-13-3-7-15(8-4-13)11-17-18(21)20(19(22)23-17)12-16-9-5-14(2)6-10-16/h3-11H,12H2,1-2H3. The van der Waals surface area contributed by atoms with Crippen molar-refractivity contribution >= 4 is 29.0 Å². The van der Waals surface area contributed by atoms with Crippen molar-refractivity contribution in [2.24, 2.45) is 0 Å². The number of carbonyl (C=O) groups excluding carboxylic acids is 2. The Morgan fingerprint density at radius 1 is 0.913 bits per heavy atom. The van der Waals surface area contributed by atoms with Crippen LogP contribution in [-0.4, -0.2) is 16.0 Å². The highest BCUT2D eigenvalue weighted by Crippen LogP contribution is 2.33. The van der Waals surface area contributed by atoms with Crippen molar-refractivity contribution in [3.63, 3.8) is 0 Å². The second-order valence-corrected chi connectivity index (χ2v) is 6.66. The Balaban J connectivity index is 1.79. The molecule has 2 amide bonds. The average molecular weight is 323 g/mol. The lowest BCUT2D eigenvalue weighted by atomic mass is 10.1. The molecule has 1 heterocycles. The van der Waals surface area contributed by atoms with Gasteiger partial charge in [0.05, 0.1) is 11.4 Å². The van der Waals surface area contributed by atoms with Crippen LogP contribution < -0.4 is 0 Å². The van der Waals surface area contributed by atoms with Gasteiger partial charge in [0.15, 0.2) is 0 Å². The molecule has 0 bridgehead atoms. The van der Waals surface area contributed by atoms with Crippen LogP contribution >= 0.6 is 11.8 Å². The Morgan fingerprint density at radius 2 is 1.48 bits per heavy atom. The van der Waals surface area contributed by atoms with Gasteiger partial charge in [0.1, 0.15) is 0 Å². The molecule has 0 unspecified atom stereocenters. The number of nitrogens with zero attached hydrogens (tertiary/aromatic N) is 1. The number of carbonyl (C=O) groups is 2. The molecule has 0 spiro atoms. The van der Waals surface area contributed by atoms with E-state index >= 15 is 0 Å². The summed E-state index contributed by atoms with van der Waals surface area (Å²) >= 11 is 1.00. The smallest absolute Gasteiger partial charge is 0.268 e. The molecule has 0 atom stereocenters. The zero-order valence-electron chi connectivity index (χ0n) is 13.1. The molecule has 1 fully saturated rings. The maximum atomic E-state index is 12.5. The lowest BCUT2D eigenvalue weighted by molar-refractivity contribution is -0.123. The molecule has 4 heteroatoms. The maximum Gasteiger partial charge on any atom is 0.293 e. The van der Waals surface area contributed by atoms with Crippen molar-refractivity contribution in [2.45, 2.75) is 20.4 Å². The number of hydrogen-bond donors (Lipinski definition) is 0. The number of rotatable bonds is 3. The van der Waals surface area contributed by atoms with Gasteiger partial charge in [0.2, 0.25) is 0 Å². The van der Waals surface area contributed by atoms with Crippen LogP contribution in [0.4, 0.5) is 4.79 Å². The molecule has 0 N–H and O–H groups in total. The second kappa shape index (κ2) is 6.42. The molecule has 1 aliphatic heterocycles. The molecule has 116 valence electrons. The van der Waals surface area contributed by atoms with E-state index in [0.29, 0.717) is 11.4 Å². The lowest BCUT2D eigenvalue weighted by Crippen LogP contribution is -2.27. The number of hydrogen-bond acceptors (Lipinski definition) is 3. The van der Waals surface area contributed by atoms with E-state index in [0.717, 1.165) is 34.0 Å². The van der Waals surface area contributed by atoms with Gasteiger partial charge < -0.3 is 0 Å². The quantitative estimate of drug-likeness (QED) is 0.778. The summed E-state index contributed by atoms with van der Waals surface area (Å²) < 4.78 is 0.